The van der Waals surface area contributed by atoms with Crippen molar-refractivity contribution in [3.05, 3.63) is 72.3 Å². The maximum Gasteiger partial charge on any atom is 0.222 e. The average molecular weight is 739 g/mol. The average Bonchev–Trinajstić information content (AvgIpc) is 3.18. The number of carbonyl (C=O) groups excluding carboxylic acids is 1. The van der Waals surface area contributed by atoms with E-state index in [2.05, 4.69) is 26.8 Å². The van der Waals surface area contributed by atoms with Gasteiger partial charge in [-0.15, -0.1) is 0 Å². The Labute approximate surface area is 312 Å². The van der Waals surface area contributed by atoms with Crippen molar-refractivity contribution in [1.29, 1.82) is 0 Å². The molecule has 14 nitrogen and oxygen atoms in total. The minimum atomic E-state index is -0.305. The molecular weight excluding hydrogens is 684 g/mol. The van der Waals surface area contributed by atoms with E-state index in [0.717, 1.165) is 65.9 Å². The fourth-order valence-electron chi connectivity index (χ4n) is 6.50. The summed E-state index contributed by atoms with van der Waals surface area (Å²) in [5, 5.41) is 17.2. The topological polar surface area (TPSA) is 135 Å². The second-order valence-electron chi connectivity index (χ2n) is 12.9. The summed E-state index contributed by atoms with van der Waals surface area (Å²) in [6.45, 7) is 6.78. The van der Waals surface area contributed by atoms with Crippen LogP contribution in [0.1, 0.15) is 37.7 Å². The van der Waals surface area contributed by atoms with Crippen LogP contribution in [-0.2, 0) is 25.7 Å². The molecule has 1 fully saturated rings. The Balaban J connectivity index is 1.17. The van der Waals surface area contributed by atoms with Gasteiger partial charge in [0.1, 0.15) is 36.2 Å². The van der Waals surface area contributed by atoms with Gasteiger partial charge in [-0.2, -0.15) is 0 Å². The summed E-state index contributed by atoms with van der Waals surface area (Å²) in [4.78, 5) is 24.3. The summed E-state index contributed by atoms with van der Waals surface area (Å²) in [6.07, 6.45) is 3.10. The van der Waals surface area contributed by atoms with Crippen molar-refractivity contribution in [3.63, 3.8) is 0 Å². The second kappa shape index (κ2) is 21.4. The first-order chi connectivity index (χ1) is 25.9. The van der Waals surface area contributed by atoms with E-state index in [4.69, 9.17) is 38.8 Å². The van der Waals surface area contributed by atoms with Crippen LogP contribution in [0.15, 0.2) is 66.7 Å². The lowest BCUT2D eigenvalue weighted by Gasteiger charge is -2.42. The zero-order valence-electron chi connectivity index (χ0n) is 30.9. The van der Waals surface area contributed by atoms with Crippen LogP contribution in [0.3, 0.4) is 0 Å². The van der Waals surface area contributed by atoms with Gasteiger partial charge in [-0.25, -0.2) is 0 Å². The molecule has 1 atom stereocenters. The molecule has 2 aliphatic heterocycles. The number of fused-ring (bicyclic) bond motifs is 1. The van der Waals surface area contributed by atoms with Crippen molar-refractivity contribution in [2.24, 2.45) is 0 Å². The Hall–Kier alpha value is -4.31. The number of amides is 1. The molecule has 14 heteroatoms. The highest BCUT2D eigenvalue weighted by Gasteiger charge is 2.30. The lowest BCUT2D eigenvalue weighted by Crippen LogP contribution is -2.57. The lowest BCUT2D eigenvalue weighted by atomic mass is 10.1. The lowest BCUT2D eigenvalue weighted by molar-refractivity contribution is -0.492. The van der Waals surface area contributed by atoms with E-state index in [1.54, 1.807) is 14.2 Å². The summed E-state index contributed by atoms with van der Waals surface area (Å²) in [6, 6.07) is 21.7. The van der Waals surface area contributed by atoms with Crippen molar-refractivity contribution >= 4 is 17.3 Å². The van der Waals surface area contributed by atoms with Gasteiger partial charge in [-0.3, -0.25) is 20.0 Å². The molecule has 53 heavy (non-hydrogen) atoms. The van der Waals surface area contributed by atoms with Crippen LogP contribution in [0.5, 0.6) is 23.0 Å². The Morgan fingerprint density at radius 1 is 0.868 bits per heavy atom. The molecule has 3 aromatic rings. The number of rotatable bonds is 22. The fraction of sp³-hybridized carbons (Fsp3) is 0.513. The maximum atomic E-state index is 13.2. The third kappa shape index (κ3) is 12.4. The third-order valence-corrected chi connectivity index (χ3v) is 9.26. The molecule has 1 saturated heterocycles. The van der Waals surface area contributed by atoms with Gasteiger partial charge in [-0.05, 0) is 61.7 Å². The van der Waals surface area contributed by atoms with Crippen LogP contribution in [0, 0.1) is 0 Å². The molecule has 0 aromatic heterocycles. The Kier molecular flexibility index (Phi) is 16.1. The number of benzene rings is 3. The Morgan fingerprint density at radius 3 is 2.51 bits per heavy atom. The molecule has 2 aliphatic rings. The van der Waals surface area contributed by atoms with Crippen LogP contribution in [-0.4, -0.2) is 119 Å². The molecule has 0 radical (unpaired) electrons. The smallest absolute Gasteiger partial charge is 0.222 e. The zero-order chi connectivity index (χ0) is 37.3. The number of anilines is 2. The predicted molar refractivity (Wildman–Crippen MR) is 198 cm³/mol. The van der Waals surface area contributed by atoms with Crippen molar-refractivity contribution in [2.45, 2.75) is 44.8 Å². The van der Waals surface area contributed by atoms with Crippen molar-refractivity contribution < 1.29 is 48.5 Å². The highest BCUT2D eigenvalue weighted by molar-refractivity contribution is 5.76. The fourth-order valence-corrected chi connectivity index (χ4v) is 6.50. The number of hydrogen-bond acceptors (Lipinski definition) is 13. The molecule has 3 aromatic carbocycles. The Morgan fingerprint density at radius 2 is 1.70 bits per heavy atom. The normalized spacial score (nSPS) is 15.6. The highest BCUT2D eigenvalue weighted by Crippen LogP contribution is 2.35. The van der Waals surface area contributed by atoms with E-state index in [1.165, 1.54) is 0 Å². The van der Waals surface area contributed by atoms with Gasteiger partial charge in [0.05, 0.1) is 57.2 Å². The van der Waals surface area contributed by atoms with E-state index < -0.39 is 0 Å². The number of piperazine rings is 1. The van der Waals surface area contributed by atoms with E-state index in [9.17, 15) is 4.79 Å². The van der Waals surface area contributed by atoms with Gasteiger partial charge < -0.3 is 43.1 Å². The molecule has 5 rings (SSSR count). The molecular formula is C39H54N4O10. The molecule has 1 amide bonds. The van der Waals surface area contributed by atoms with E-state index >= 15 is 0 Å². The molecule has 0 bridgehead atoms. The van der Waals surface area contributed by atoms with Crippen molar-refractivity contribution in [1.82, 2.24) is 10.3 Å². The molecule has 0 saturated carbocycles. The van der Waals surface area contributed by atoms with E-state index in [-0.39, 0.29) is 23.9 Å². The molecule has 2 heterocycles. The molecule has 0 spiro atoms. The minimum absolute atomic E-state index is 0.0489. The number of para-hydroxylation sites is 1. The summed E-state index contributed by atoms with van der Waals surface area (Å²) in [5.41, 5.74) is 3.05. The summed E-state index contributed by atoms with van der Waals surface area (Å²) in [5.74, 6) is 3.23. The van der Waals surface area contributed by atoms with Gasteiger partial charge >= 0.3 is 0 Å². The van der Waals surface area contributed by atoms with Gasteiger partial charge in [0, 0.05) is 70.1 Å². The third-order valence-electron chi connectivity index (χ3n) is 9.26. The van der Waals surface area contributed by atoms with Crippen LogP contribution in [0.4, 0.5) is 11.4 Å². The number of ether oxygens (including phenoxy) is 6. The molecule has 290 valence electrons. The van der Waals surface area contributed by atoms with Gasteiger partial charge in [-0.1, -0.05) is 18.2 Å². The highest BCUT2D eigenvalue weighted by atomic mass is 17.1. The van der Waals surface area contributed by atoms with Crippen LogP contribution in [0.25, 0.3) is 0 Å². The largest absolute Gasteiger partial charge is 0.496 e. The van der Waals surface area contributed by atoms with Crippen molar-refractivity contribution in [3.8, 4) is 23.0 Å². The first-order valence-electron chi connectivity index (χ1n) is 18.4. The maximum absolute atomic E-state index is 13.2. The van der Waals surface area contributed by atoms with Crippen LogP contribution >= 0.6 is 0 Å². The number of hydrogen-bond donors (Lipinski definition) is 2. The number of carbonyl (C=O) groups is 1. The molecule has 2 N–H and O–H groups in total. The van der Waals surface area contributed by atoms with E-state index in [0.29, 0.717) is 78.5 Å². The summed E-state index contributed by atoms with van der Waals surface area (Å²) < 4.78 is 34.9. The Bertz CT molecular complexity index is 1530. The van der Waals surface area contributed by atoms with Gasteiger partial charge in [0.2, 0.25) is 5.91 Å². The minimum Gasteiger partial charge on any atom is -0.496 e. The first kappa shape index (κ1) is 39.9. The quantitative estimate of drug-likeness (QED) is 0.104. The first-order valence-corrected chi connectivity index (χ1v) is 18.4. The van der Waals surface area contributed by atoms with Gasteiger partial charge in [0.25, 0.3) is 0 Å². The van der Waals surface area contributed by atoms with Crippen LogP contribution in [0.2, 0.25) is 0 Å². The van der Waals surface area contributed by atoms with Crippen LogP contribution < -0.4 is 28.7 Å². The summed E-state index contributed by atoms with van der Waals surface area (Å²) >= 11 is 0. The molecule has 0 aliphatic carbocycles. The van der Waals surface area contributed by atoms with Crippen molar-refractivity contribution in [2.75, 3.05) is 96.4 Å². The predicted octanol–water partition coefficient (Wildman–Crippen LogP) is 5.19. The second-order valence-corrected chi connectivity index (χ2v) is 12.9. The zero-order valence-corrected chi connectivity index (χ0v) is 30.9. The number of nitrogens with zero attached hydrogens (tertiary/aromatic N) is 4. The SMILES string of the molecule is COCCCN1CCOc2ccc(OC[C@H]3CN(C(=O)CCCCON(O)O)CCN3c3ccc(OCCCOCc4ccccc4OC)cc3)cc21. The number of methoxy groups -OCH3 is 2. The summed E-state index contributed by atoms with van der Waals surface area (Å²) in [7, 11) is 3.38. The van der Waals surface area contributed by atoms with Gasteiger partial charge in [0.15, 0.2) is 0 Å². The number of unbranched alkanes of at least 4 members (excludes halogenated alkanes) is 1. The monoisotopic (exact) mass is 738 g/mol. The van der Waals surface area contributed by atoms with E-state index in [1.807, 2.05) is 59.5 Å². The standard InChI is InChI=1S/C39H54N4O10/c1-47-22-7-18-40-21-26-51-38-17-16-35(27-36(38)40)52-30-33-28-41(39(44)11-5-6-25-53-43(45)46)19-20-42(33)32-12-14-34(15-13-32)50-24-8-23-49-29-31-9-3-4-10-37(31)48-2/h3-4,9-10,12-17,27,33,45-46H,5-8,11,18-26,28-30H2,1-2H3/t33-/m1/s1. The molecule has 0 unspecified atom stereocenters.